The zero-order valence-electron chi connectivity index (χ0n) is 33.3. The largest absolute Gasteiger partial charge is 0.481 e. The first-order chi connectivity index (χ1) is 27.7. The summed E-state index contributed by atoms with van der Waals surface area (Å²) in [5.74, 6) is 0.460. The van der Waals surface area contributed by atoms with E-state index in [0.717, 1.165) is 103 Å². The van der Waals surface area contributed by atoms with Gasteiger partial charge in [-0.1, -0.05) is 51.8 Å². The summed E-state index contributed by atoms with van der Waals surface area (Å²) in [5.41, 5.74) is 4.99. The van der Waals surface area contributed by atoms with E-state index in [2.05, 4.69) is 52.2 Å². The number of ether oxygens (including phenoxy) is 4. The standard InChI is InChI=1S/C44H52N6O7/c1-26(2)36(42(51)52)34-21-35(48-57-34)54-23-29-13-15-44(14-10-18-50(29)44)24-55-43-46-40-33(41(47-43)49-16-7-5-6-8-17-49)22-45-39-32-20-30(56-25-53-4)19-28-11-9-12-31(38(28)32)27(3)37(39)40/h9,11-12,19-22,26-27,29,36H,5-8,10,13-18,23-25H2,1-4H3,(H,51,52)/t27?,29-,36?,44-/m0/s1. The zero-order valence-corrected chi connectivity index (χ0v) is 33.3. The van der Waals surface area contributed by atoms with Crippen LogP contribution in [0.5, 0.6) is 17.6 Å². The fourth-order valence-electron chi connectivity index (χ4n) is 10.0. The highest BCUT2D eigenvalue weighted by atomic mass is 16.7. The molecule has 6 heterocycles. The van der Waals surface area contributed by atoms with Crippen LogP contribution in [0.2, 0.25) is 0 Å². The van der Waals surface area contributed by atoms with Gasteiger partial charge in [0.25, 0.3) is 5.88 Å². The Labute approximate surface area is 332 Å². The topological polar surface area (TPSA) is 145 Å². The molecular formula is C44H52N6O7. The molecule has 0 bridgehead atoms. The molecule has 4 atom stereocenters. The Kier molecular flexibility index (Phi) is 10.1. The number of benzene rings is 2. The maximum absolute atomic E-state index is 11.8. The van der Waals surface area contributed by atoms with Crippen LogP contribution in [0.1, 0.15) is 101 Å². The first-order valence-corrected chi connectivity index (χ1v) is 20.6. The summed E-state index contributed by atoms with van der Waals surface area (Å²) in [6.07, 6.45) is 10.6. The Morgan fingerprint density at radius 3 is 2.65 bits per heavy atom. The second-order valence-corrected chi connectivity index (χ2v) is 16.6. The fourth-order valence-corrected chi connectivity index (χ4v) is 10.0. The van der Waals surface area contributed by atoms with Gasteiger partial charge in [0.15, 0.2) is 12.6 Å². The van der Waals surface area contributed by atoms with Crippen molar-refractivity contribution < 1.29 is 33.4 Å². The molecule has 1 N–H and O–H groups in total. The second kappa shape index (κ2) is 15.4. The maximum Gasteiger partial charge on any atom is 0.319 e. The van der Waals surface area contributed by atoms with Crippen LogP contribution in [0.15, 0.2) is 47.1 Å². The molecule has 0 amide bonds. The third-order valence-corrected chi connectivity index (χ3v) is 12.8. The van der Waals surface area contributed by atoms with Crippen LogP contribution >= 0.6 is 0 Å². The van der Waals surface area contributed by atoms with E-state index in [9.17, 15) is 9.90 Å². The highest BCUT2D eigenvalue weighted by Gasteiger charge is 2.50. The third-order valence-electron chi connectivity index (χ3n) is 12.8. The van der Waals surface area contributed by atoms with Crippen molar-refractivity contribution in [2.45, 2.75) is 95.6 Å². The summed E-state index contributed by atoms with van der Waals surface area (Å²) in [5, 5.41) is 17.0. The first kappa shape index (κ1) is 37.6. The van der Waals surface area contributed by atoms with Crippen LogP contribution in [0.4, 0.5) is 5.82 Å². The number of anilines is 1. The number of nitrogens with zero attached hydrogens (tertiary/aromatic N) is 6. The van der Waals surface area contributed by atoms with Crippen molar-refractivity contribution in [1.82, 2.24) is 25.0 Å². The van der Waals surface area contributed by atoms with Crippen LogP contribution in [-0.2, 0) is 9.53 Å². The molecule has 300 valence electrons. The van der Waals surface area contributed by atoms with E-state index in [1.165, 1.54) is 23.8 Å². The van der Waals surface area contributed by atoms with Gasteiger partial charge in [0.05, 0.1) is 22.1 Å². The number of carboxylic acids is 1. The van der Waals surface area contributed by atoms with Crippen LogP contribution in [0, 0.1) is 5.92 Å². The molecule has 5 aromatic rings. The molecule has 0 radical (unpaired) electrons. The summed E-state index contributed by atoms with van der Waals surface area (Å²) in [6.45, 7) is 9.85. The van der Waals surface area contributed by atoms with Crippen LogP contribution in [-0.4, -0.2) is 94.4 Å². The molecule has 13 nitrogen and oxygen atoms in total. The number of methoxy groups -OCH3 is 1. The number of hydrogen-bond acceptors (Lipinski definition) is 12. The Bertz CT molecular complexity index is 2290. The first-order valence-electron chi connectivity index (χ1n) is 20.6. The smallest absolute Gasteiger partial charge is 0.319 e. The minimum Gasteiger partial charge on any atom is -0.481 e. The van der Waals surface area contributed by atoms with E-state index in [1.54, 1.807) is 13.2 Å². The Morgan fingerprint density at radius 1 is 1.02 bits per heavy atom. The molecule has 3 aliphatic heterocycles. The molecule has 0 spiro atoms. The van der Waals surface area contributed by atoms with Gasteiger partial charge in [0.1, 0.15) is 30.7 Å². The summed E-state index contributed by atoms with van der Waals surface area (Å²) < 4.78 is 29.6. The highest BCUT2D eigenvalue weighted by Crippen LogP contribution is 2.49. The van der Waals surface area contributed by atoms with Gasteiger partial charge >= 0.3 is 12.0 Å². The fraction of sp³-hybridized carbons (Fsp3) is 0.523. The lowest BCUT2D eigenvalue weighted by molar-refractivity contribution is -0.140. The molecular weight excluding hydrogens is 725 g/mol. The zero-order chi connectivity index (χ0) is 39.3. The number of fused-ring (bicyclic) bond motifs is 5. The van der Waals surface area contributed by atoms with E-state index < -0.39 is 11.9 Å². The number of aliphatic carboxylic acids is 1. The number of carboxylic acid groups (broad SMARTS) is 1. The van der Waals surface area contributed by atoms with Crippen molar-refractivity contribution in [2.24, 2.45) is 5.92 Å². The molecule has 0 saturated carbocycles. The lowest BCUT2D eigenvalue weighted by Gasteiger charge is -2.34. The predicted molar refractivity (Wildman–Crippen MR) is 215 cm³/mol. The van der Waals surface area contributed by atoms with Crippen molar-refractivity contribution in [3.05, 3.63) is 59.5 Å². The number of pyridine rings is 1. The van der Waals surface area contributed by atoms with E-state index in [0.29, 0.717) is 30.9 Å². The summed E-state index contributed by atoms with van der Waals surface area (Å²) in [7, 11) is 1.63. The summed E-state index contributed by atoms with van der Waals surface area (Å²) in [6, 6.07) is 12.8. The molecule has 9 rings (SSSR count). The normalized spacial score (nSPS) is 22.4. The molecule has 2 aromatic carbocycles. The third kappa shape index (κ3) is 6.82. The van der Waals surface area contributed by atoms with Gasteiger partial charge in [-0.3, -0.25) is 14.7 Å². The van der Waals surface area contributed by atoms with Crippen molar-refractivity contribution in [3.8, 4) is 28.9 Å². The van der Waals surface area contributed by atoms with Crippen LogP contribution in [0.3, 0.4) is 0 Å². The Morgan fingerprint density at radius 2 is 1.86 bits per heavy atom. The van der Waals surface area contributed by atoms with E-state index >= 15 is 0 Å². The van der Waals surface area contributed by atoms with Crippen LogP contribution < -0.4 is 19.1 Å². The SMILES string of the molecule is COCOc1cc2c3c(cccc3c1)C(C)c1c-2ncc2c(N3CCCCCC3)nc(OC[C@@]34CCCN3[C@H](COc3cc(C(C(=O)O)C(C)C)on3)CC4)nc12. The van der Waals surface area contributed by atoms with Gasteiger partial charge in [-0.15, -0.1) is 0 Å². The molecule has 3 fully saturated rings. The molecule has 13 heteroatoms. The monoisotopic (exact) mass is 776 g/mol. The van der Waals surface area contributed by atoms with Crippen molar-refractivity contribution in [2.75, 3.05) is 51.7 Å². The minimum absolute atomic E-state index is 0.0403. The molecule has 3 aromatic heterocycles. The number of hydrogen-bond donors (Lipinski definition) is 1. The van der Waals surface area contributed by atoms with Gasteiger partial charge in [-0.2, -0.15) is 9.97 Å². The summed E-state index contributed by atoms with van der Waals surface area (Å²) >= 11 is 0. The molecule has 1 aliphatic carbocycles. The van der Waals surface area contributed by atoms with E-state index in [-0.39, 0.29) is 30.2 Å². The minimum atomic E-state index is -0.935. The van der Waals surface area contributed by atoms with Crippen molar-refractivity contribution >= 4 is 33.5 Å². The lowest BCUT2D eigenvalue weighted by atomic mass is 9.79. The van der Waals surface area contributed by atoms with Crippen molar-refractivity contribution in [3.63, 3.8) is 0 Å². The lowest BCUT2D eigenvalue weighted by Crippen LogP contribution is -2.48. The van der Waals surface area contributed by atoms with E-state index in [4.69, 9.17) is 38.4 Å². The average molecular weight is 777 g/mol. The number of rotatable bonds is 13. The quantitative estimate of drug-likeness (QED) is 0.116. The highest BCUT2D eigenvalue weighted by molar-refractivity contribution is 6.06. The Hall–Kier alpha value is -5.01. The Balaban J connectivity index is 1.03. The number of carbonyl (C=O) groups is 1. The maximum atomic E-state index is 11.8. The summed E-state index contributed by atoms with van der Waals surface area (Å²) in [4.78, 5) is 32.5. The van der Waals surface area contributed by atoms with Gasteiger partial charge in [0, 0.05) is 55.5 Å². The van der Waals surface area contributed by atoms with Crippen molar-refractivity contribution in [1.29, 1.82) is 0 Å². The van der Waals surface area contributed by atoms with E-state index in [1.807, 2.05) is 20.0 Å². The van der Waals surface area contributed by atoms with Gasteiger partial charge in [-0.25, -0.2) is 0 Å². The van der Waals surface area contributed by atoms with Crippen LogP contribution in [0.25, 0.3) is 32.9 Å². The molecule has 3 saturated heterocycles. The predicted octanol–water partition coefficient (Wildman–Crippen LogP) is 7.94. The molecule has 57 heavy (non-hydrogen) atoms. The second-order valence-electron chi connectivity index (χ2n) is 16.6. The molecule has 2 unspecified atom stereocenters. The average Bonchev–Trinajstić information content (AvgIpc) is 3.86. The van der Waals surface area contributed by atoms with Gasteiger partial charge in [-0.05, 0) is 84.6 Å². The molecule has 4 aliphatic rings. The van der Waals surface area contributed by atoms with Gasteiger partial charge in [0.2, 0.25) is 0 Å². The van der Waals surface area contributed by atoms with Gasteiger partial charge < -0.3 is 33.5 Å². The number of aromatic nitrogens is 4.